The highest BCUT2D eigenvalue weighted by atomic mass is 16.7. The molecule has 1 N–H and O–H groups in total. The highest BCUT2D eigenvalue weighted by molar-refractivity contribution is 5.98. The monoisotopic (exact) mass is 592 g/mol. The van der Waals surface area contributed by atoms with Gasteiger partial charge in [0, 0.05) is 58.6 Å². The fourth-order valence-corrected chi connectivity index (χ4v) is 4.70. The maximum Gasteiger partial charge on any atom is 0.410 e. The number of likely N-dealkylation sites (tertiary alicyclic amines) is 1. The molecule has 12 nitrogen and oxygen atoms in total. The van der Waals surface area contributed by atoms with E-state index in [0.717, 1.165) is 11.5 Å². The molecule has 1 aromatic rings. The zero-order valence-electron chi connectivity index (χ0n) is 27.4. The number of nitrogens with one attached hydrogen (secondary N) is 1. The standard InChI is InChI=1S/C30H52N6O6/c1-20(2)17-36(26(38)23-16-32-27(29(3,4)5)33-24(23)31-13-12-14-40-10)22-15-21(25(37)34(9)41-11)18-35(19-22)28(39)42-30(6,7)8/h16,20-22H,12-15,17-19H2,1-11H3,(H,31,32,33)/t21-,22+/m1/s1. The van der Waals surface area contributed by atoms with Gasteiger partial charge in [0.15, 0.2) is 0 Å². The summed E-state index contributed by atoms with van der Waals surface area (Å²) in [4.78, 5) is 58.6. The third kappa shape index (κ3) is 10.1. The van der Waals surface area contributed by atoms with Gasteiger partial charge in [0.2, 0.25) is 0 Å². The van der Waals surface area contributed by atoms with Gasteiger partial charge in [0.25, 0.3) is 11.8 Å². The van der Waals surface area contributed by atoms with Crippen LogP contribution in [0.3, 0.4) is 0 Å². The number of hydrogen-bond donors (Lipinski definition) is 1. The van der Waals surface area contributed by atoms with E-state index in [9.17, 15) is 14.4 Å². The number of hydroxylamine groups is 2. The fraction of sp³-hybridized carbons (Fsp3) is 0.767. The average Bonchev–Trinajstić information content (AvgIpc) is 2.90. The lowest BCUT2D eigenvalue weighted by Crippen LogP contribution is -2.57. The van der Waals surface area contributed by atoms with E-state index in [2.05, 4.69) is 10.3 Å². The van der Waals surface area contributed by atoms with Crippen LogP contribution in [0.2, 0.25) is 0 Å². The van der Waals surface area contributed by atoms with Crippen LogP contribution >= 0.6 is 0 Å². The number of anilines is 1. The SMILES string of the molecule is COCCCNc1nc(C(C)(C)C)ncc1C(=O)N(CC(C)C)[C@H]1C[C@@H](C(=O)N(C)OC)CN(C(=O)OC(C)(C)C)C1. The van der Waals surface area contributed by atoms with Crippen LogP contribution < -0.4 is 5.32 Å². The third-order valence-corrected chi connectivity index (χ3v) is 6.78. The molecule has 1 aliphatic rings. The topological polar surface area (TPSA) is 126 Å². The number of hydrogen-bond acceptors (Lipinski definition) is 9. The van der Waals surface area contributed by atoms with Crippen molar-refractivity contribution < 1.29 is 28.7 Å². The summed E-state index contributed by atoms with van der Waals surface area (Å²) in [6, 6.07) is -0.455. The Morgan fingerprint density at radius 2 is 1.79 bits per heavy atom. The molecule has 0 radical (unpaired) electrons. The van der Waals surface area contributed by atoms with E-state index in [0.29, 0.717) is 43.3 Å². The molecule has 12 heteroatoms. The normalized spacial score (nSPS) is 17.7. The predicted octanol–water partition coefficient (Wildman–Crippen LogP) is 3.97. The summed E-state index contributed by atoms with van der Waals surface area (Å²) in [7, 11) is 4.60. The zero-order chi connectivity index (χ0) is 31.8. The Labute approximate surface area is 251 Å². The van der Waals surface area contributed by atoms with Gasteiger partial charge in [-0.15, -0.1) is 0 Å². The summed E-state index contributed by atoms with van der Waals surface area (Å²) in [5.41, 5.74) is -0.691. The molecular weight excluding hydrogens is 540 g/mol. The van der Waals surface area contributed by atoms with Gasteiger partial charge in [-0.3, -0.25) is 14.4 Å². The summed E-state index contributed by atoms with van der Waals surface area (Å²) in [5, 5.41) is 4.48. The van der Waals surface area contributed by atoms with Crippen molar-refractivity contribution in [3.63, 3.8) is 0 Å². The van der Waals surface area contributed by atoms with Gasteiger partial charge in [-0.1, -0.05) is 34.6 Å². The average molecular weight is 593 g/mol. The highest BCUT2D eigenvalue weighted by Gasteiger charge is 2.41. The summed E-state index contributed by atoms with van der Waals surface area (Å²) < 4.78 is 10.8. The van der Waals surface area contributed by atoms with Gasteiger partial charge < -0.3 is 24.6 Å². The van der Waals surface area contributed by atoms with Crippen molar-refractivity contribution in [1.82, 2.24) is 24.8 Å². The zero-order valence-corrected chi connectivity index (χ0v) is 27.4. The third-order valence-electron chi connectivity index (χ3n) is 6.78. The summed E-state index contributed by atoms with van der Waals surface area (Å²) in [5.74, 6) is 0.0678. The molecule has 1 saturated heterocycles. The summed E-state index contributed by atoms with van der Waals surface area (Å²) in [6.07, 6.45) is 2.15. The van der Waals surface area contributed by atoms with Crippen molar-refractivity contribution >= 4 is 23.7 Å². The Balaban J connectivity index is 2.53. The lowest BCUT2D eigenvalue weighted by molar-refractivity contribution is -0.175. The molecule has 1 aliphatic heterocycles. The van der Waals surface area contributed by atoms with Crippen LogP contribution in [0.1, 0.15) is 84.4 Å². The van der Waals surface area contributed by atoms with E-state index in [4.69, 9.17) is 19.3 Å². The van der Waals surface area contributed by atoms with Crippen molar-refractivity contribution in [2.75, 3.05) is 59.4 Å². The predicted molar refractivity (Wildman–Crippen MR) is 161 cm³/mol. The van der Waals surface area contributed by atoms with E-state index in [-0.39, 0.29) is 36.2 Å². The Hall–Kier alpha value is -2.99. The molecule has 238 valence electrons. The van der Waals surface area contributed by atoms with Crippen molar-refractivity contribution in [1.29, 1.82) is 0 Å². The van der Waals surface area contributed by atoms with Gasteiger partial charge in [-0.05, 0) is 39.5 Å². The van der Waals surface area contributed by atoms with Gasteiger partial charge in [0.1, 0.15) is 22.8 Å². The van der Waals surface area contributed by atoms with Crippen LogP contribution in [-0.4, -0.2) is 108 Å². The Bertz CT molecular complexity index is 1070. The molecule has 0 aromatic carbocycles. The lowest BCUT2D eigenvalue weighted by atomic mass is 9.91. The quantitative estimate of drug-likeness (QED) is 0.300. The van der Waals surface area contributed by atoms with Crippen molar-refractivity contribution in [3.8, 4) is 0 Å². The van der Waals surface area contributed by atoms with Crippen LogP contribution in [0.5, 0.6) is 0 Å². The van der Waals surface area contributed by atoms with Crippen LogP contribution in [0.25, 0.3) is 0 Å². The van der Waals surface area contributed by atoms with Gasteiger partial charge in [0.05, 0.1) is 19.1 Å². The molecule has 1 aromatic heterocycles. The first-order valence-corrected chi connectivity index (χ1v) is 14.7. The smallest absolute Gasteiger partial charge is 0.410 e. The molecule has 2 atom stereocenters. The summed E-state index contributed by atoms with van der Waals surface area (Å²) >= 11 is 0. The molecule has 0 saturated carbocycles. The highest BCUT2D eigenvalue weighted by Crippen LogP contribution is 2.28. The number of amides is 3. The number of aromatic nitrogens is 2. The second-order valence-electron chi connectivity index (χ2n) is 13.3. The van der Waals surface area contributed by atoms with Gasteiger partial charge in [-0.25, -0.2) is 19.8 Å². The molecule has 3 amide bonds. The molecule has 0 bridgehead atoms. The van der Waals surface area contributed by atoms with Crippen LogP contribution in [0.15, 0.2) is 6.20 Å². The largest absolute Gasteiger partial charge is 0.444 e. The molecule has 1 fully saturated rings. The van der Waals surface area contributed by atoms with Gasteiger partial charge in [-0.2, -0.15) is 0 Å². The second kappa shape index (κ2) is 15.0. The number of nitrogens with zero attached hydrogens (tertiary/aromatic N) is 5. The number of piperidine rings is 1. The van der Waals surface area contributed by atoms with E-state index in [1.165, 1.54) is 19.1 Å². The molecular formula is C30H52N6O6. The summed E-state index contributed by atoms with van der Waals surface area (Å²) in [6.45, 7) is 17.4. The number of rotatable bonds is 11. The second-order valence-corrected chi connectivity index (χ2v) is 13.3. The minimum Gasteiger partial charge on any atom is -0.444 e. The molecule has 42 heavy (non-hydrogen) atoms. The molecule has 0 spiro atoms. The fourth-order valence-electron chi connectivity index (χ4n) is 4.70. The van der Waals surface area contributed by atoms with Gasteiger partial charge >= 0.3 is 6.09 Å². The Morgan fingerprint density at radius 1 is 1.12 bits per heavy atom. The first kappa shape index (κ1) is 35.2. The van der Waals surface area contributed by atoms with E-state index >= 15 is 0 Å². The van der Waals surface area contributed by atoms with E-state index in [1.807, 2.05) is 34.6 Å². The van der Waals surface area contributed by atoms with Crippen molar-refractivity contribution in [3.05, 3.63) is 17.6 Å². The maximum absolute atomic E-state index is 14.3. The maximum atomic E-state index is 14.3. The number of carbonyl (C=O) groups is 3. The molecule has 2 heterocycles. The van der Waals surface area contributed by atoms with Crippen LogP contribution in [0, 0.1) is 11.8 Å². The number of carbonyl (C=O) groups excluding carboxylic acids is 3. The van der Waals surface area contributed by atoms with Crippen molar-refractivity contribution in [2.24, 2.45) is 11.8 Å². The first-order chi connectivity index (χ1) is 19.5. The Kier molecular flexibility index (Phi) is 12.5. The Morgan fingerprint density at radius 3 is 2.33 bits per heavy atom. The van der Waals surface area contributed by atoms with E-state index in [1.54, 1.807) is 39.0 Å². The van der Waals surface area contributed by atoms with Crippen LogP contribution in [0.4, 0.5) is 10.6 Å². The molecule has 0 aliphatic carbocycles. The number of methoxy groups -OCH3 is 1. The minimum atomic E-state index is -0.712. The van der Waals surface area contributed by atoms with E-state index < -0.39 is 23.7 Å². The number of ether oxygens (including phenoxy) is 2. The minimum absolute atomic E-state index is 0.120. The molecule has 0 unspecified atom stereocenters. The first-order valence-electron chi connectivity index (χ1n) is 14.7. The van der Waals surface area contributed by atoms with Crippen molar-refractivity contribution in [2.45, 2.75) is 85.3 Å². The lowest BCUT2D eigenvalue weighted by Gasteiger charge is -2.43. The van der Waals surface area contributed by atoms with Crippen LogP contribution in [-0.2, 0) is 24.5 Å². The molecule has 2 rings (SSSR count).